The van der Waals surface area contributed by atoms with Crippen molar-refractivity contribution in [1.29, 1.82) is 0 Å². The molecule has 2 aromatic rings. The van der Waals surface area contributed by atoms with Gasteiger partial charge in [-0.2, -0.15) is 4.31 Å². The molecule has 0 bridgehead atoms. The predicted octanol–water partition coefficient (Wildman–Crippen LogP) is 2.77. The van der Waals surface area contributed by atoms with Gasteiger partial charge in [-0.1, -0.05) is 6.92 Å². The van der Waals surface area contributed by atoms with Gasteiger partial charge in [0.05, 0.1) is 16.3 Å². The summed E-state index contributed by atoms with van der Waals surface area (Å²) in [6, 6.07) is 4.15. The quantitative estimate of drug-likeness (QED) is 0.284. The molecule has 0 saturated carbocycles. The van der Waals surface area contributed by atoms with Gasteiger partial charge in [-0.15, -0.1) is 0 Å². The zero-order valence-electron chi connectivity index (χ0n) is 16.6. The molecule has 2 heterocycles. The van der Waals surface area contributed by atoms with Crippen LogP contribution in [0, 0.1) is 11.2 Å². The van der Waals surface area contributed by atoms with Gasteiger partial charge in [0.15, 0.2) is 11.5 Å². The number of halogens is 2. The first kappa shape index (κ1) is 22.7. The van der Waals surface area contributed by atoms with E-state index in [0.717, 1.165) is 0 Å². The Bertz CT molecular complexity index is 950. The minimum Gasteiger partial charge on any atom is -0.365 e. The third-order valence-electron chi connectivity index (χ3n) is 4.25. The van der Waals surface area contributed by atoms with E-state index in [-0.39, 0.29) is 33.3 Å². The number of aliphatic imine (C=N–C) groups is 1. The number of nitrogens with zero attached hydrogens (tertiary/aromatic N) is 4. The van der Waals surface area contributed by atoms with Crippen LogP contribution in [0.4, 0.5) is 15.9 Å². The maximum atomic E-state index is 13.4. The average molecular weight is 505 g/mol. The topological polar surface area (TPSA) is 125 Å². The molecular formula is C17H22BrFN6O4S. The maximum Gasteiger partial charge on any atom is 0.237 e. The Labute approximate surface area is 183 Å². The van der Waals surface area contributed by atoms with Gasteiger partial charge in [0.25, 0.3) is 0 Å². The standard InChI is InChI=1S/C17H22BrFN6O4S/c1-10(2)28-30(27)25-8-17(3,9-25)7-20-15-14(23-29-24-15)16(22-26)21-11-4-5-13(19)12(18)6-11/h4-6,10,26H,7-9H2,1-3H3,(H,20,24)(H,21,22). The van der Waals surface area contributed by atoms with Crippen LogP contribution >= 0.6 is 15.9 Å². The Morgan fingerprint density at radius 2 is 2.23 bits per heavy atom. The smallest absolute Gasteiger partial charge is 0.237 e. The van der Waals surface area contributed by atoms with E-state index in [1.54, 1.807) is 4.31 Å². The fraction of sp³-hybridized carbons (Fsp3) is 0.471. The number of nitrogens with one attached hydrogen (secondary N) is 2. The molecule has 1 aromatic heterocycles. The molecule has 0 radical (unpaired) electrons. The van der Waals surface area contributed by atoms with Crippen LogP contribution in [0.15, 0.2) is 32.3 Å². The molecule has 13 heteroatoms. The van der Waals surface area contributed by atoms with Gasteiger partial charge in [-0.3, -0.25) is 14.9 Å². The van der Waals surface area contributed by atoms with Crippen LogP contribution in [0.25, 0.3) is 0 Å². The summed E-state index contributed by atoms with van der Waals surface area (Å²) in [6.45, 7) is 7.33. The van der Waals surface area contributed by atoms with Crippen molar-refractivity contribution in [2.24, 2.45) is 10.4 Å². The second kappa shape index (κ2) is 9.47. The summed E-state index contributed by atoms with van der Waals surface area (Å²) in [6.07, 6.45) is -0.120. The summed E-state index contributed by atoms with van der Waals surface area (Å²) < 4.78 is 37.5. The van der Waals surface area contributed by atoms with Crippen molar-refractivity contribution in [2.45, 2.75) is 26.9 Å². The molecule has 1 aliphatic rings. The summed E-state index contributed by atoms with van der Waals surface area (Å²) in [5, 5.41) is 20.2. The van der Waals surface area contributed by atoms with Crippen LogP contribution in [0.1, 0.15) is 26.5 Å². The van der Waals surface area contributed by atoms with Crippen molar-refractivity contribution >= 4 is 44.5 Å². The number of amidine groups is 1. The minimum atomic E-state index is -1.47. The highest BCUT2D eigenvalue weighted by Gasteiger charge is 2.42. The van der Waals surface area contributed by atoms with Gasteiger partial charge in [-0.05, 0) is 58.3 Å². The lowest BCUT2D eigenvalue weighted by Crippen LogP contribution is -2.58. The molecule has 164 valence electrons. The fourth-order valence-corrected chi connectivity index (χ4v) is 4.47. The summed E-state index contributed by atoms with van der Waals surface area (Å²) in [4.78, 5) is 4.21. The third kappa shape index (κ3) is 5.40. The zero-order chi connectivity index (χ0) is 21.9. The first-order valence-corrected chi connectivity index (χ1v) is 10.9. The van der Waals surface area contributed by atoms with E-state index in [1.165, 1.54) is 18.2 Å². The lowest BCUT2D eigenvalue weighted by atomic mass is 9.84. The van der Waals surface area contributed by atoms with Gasteiger partial charge in [0.1, 0.15) is 5.82 Å². The SMILES string of the molecule is CC(C)OS(=O)N1CC(C)(CNc2nonc2C(=Nc2ccc(F)c(Br)c2)NO)C1. The Hall–Kier alpha value is -1.93. The first-order chi connectivity index (χ1) is 14.2. The highest BCUT2D eigenvalue weighted by molar-refractivity contribution is 9.10. The third-order valence-corrected chi connectivity index (χ3v) is 6.08. The zero-order valence-corrected chi connectivity index (χ0v) is 19.0. The molecule has 1 saturated heterocycles. The summed E-state index contributed by atoms with van der Waals surface area (Å²) in [5.41, 5.74) is 2.33. The van der Waals surface area contributed by atoms with Crippen molar-refractivity contribution in [1.82, 2.24) is 20.1 Å². The largest absolute Gasteiger partial charge is 0.365 e. The van der Waals surface area contributed by atoms with E-state index in [0.29, 0.717) is 25.3 Å². The van der Waals surface area contributed by atoms with E-state index in [9.17, 15) is 13.8 Å². The normalized spacial score (nSPS) is 17.6. The Balaban J connectivity index is 1.66. The minimum absolute atomic E-state index is 0.0240. The molecule has 0 spiro atoms. The average Bonchev–Trinajstić information content (AvgIpc) is 3.13. The van der Waals surface area contributed by atoms with Gasteiger partial charge < -0.3 is 5.32 Å². The maximum absolute atomic E-state index is 13.4. The first-order valence-electron chi connectivity index (χ1n) is 9.05. The second-order valence-electron chi connectivity index (χ2n) is 7.46. The van der Waals surface area contributed by atoms with E-state index >= 15 is 0 Å². The van der Waals surface area contributed by atoms with Crippen molar-refractivity contribution in [3.8, 4) is 0 Å². The Morgan fingerprint density at radius 1 is 1.50 bits per heavy atom. The molecule has 10 nitrogen and oxygen atoms in total. The monoisotopic (exact) mass is 504 g/mol. The Morgan fingerprint density at radius 3 is 2.87 bits per heavy atom. The van der Waals surface area contributed by atoms with E-state index < -0.39 is 17.1 Å². The number of hydrogen-bond acceptors (Lipinski definition) is 8. The van der Waals surface area contributed by atoms with Crippen LogP contribution in [0.5, 0.6) is 0 Å². The summed E-state index contributed by atoms with van der Waals surface area (Å²) in [5.74, 6) is -0.180. The van der Waals surface area contributed by atoms with Crippen LogP contribution in [-0.2, 0) is 15.4 Å². The van der Waals surface area contributed by atoms with Gasteiger partial charge >= 0.3 is 0 Å². The van der Waals surface area contributed by atoms with Crippen molar-refractivity contribution in [3.05, 3.63) is 34.2 Å². The van der Waals surface area contributed by atoms with Crippen molar-refractivity contribution in [3.63, 3.8) is 0 Å². The van der Waals surface area contributed by atoms with Crippen molar-refractivity contribution < 1.29 is 22.6 Å². The number of benzene rings is 1. The molecule has 1 aromatic carbocycles. The summed E-state index contributed by atoms with van der Waals surface area (Å²) >= 11 is 1.62. The number of aromatic nitrogens is 2. The fourth-order valence-electron chi connectivity index (χ4n) is 2.82. The second-order valence-corrected chi connectivity index (χ2v) is 9.45. The van der Waals surface area contributed by atoms with Gasteiger partial charge in [0, 0.05) is 25.0 Å². The van der Waals surface area contributed by atoms with E-state index in [2.05, 4.69) is 36.6 Å². The number of rotatable bonds is 8. The molecule has 1 aliphatic heterocycles. The molecular weight excluding hydrogens is 483 g/mol. The molecule has 0 amide bonds. The van der Waals surface area contributed by atoms with Crippen molar-refractivity contribution in [2.75, 3.05) is 25.0 Å². The molecule has 1 unspecified atom stereocenters. The van der Waals surface area contributed by atoms with Gasteiger partial charge in [0.2, 0.25) is 17.1 Å². The van der Waals surface area contributed by atoms with E-state index in [4.69, 9.17) is 8.81 Å². The van der Waals surface area contributed by atoms with Crippen LogP contribution in [-0.4, -0.2) is 55.6 Å². The van der Waals surface area contributed by atoms with Crippen LogP contribution in [0.3, 0.4) is 0 Å². The Kier molecular flexibility index (Phi) is 7.18. The number of anilines is 1. The molecule has 3 rings (SSSR count). The molecule has 1 atom stereocenters. The number of hydrogen-bond donors (Lipinski definition) is 3. The molecule has 1 fully saturated rings. The highest BCUT2D eigenvalue weighted by atomic mass is 79.9. The lowest BCUT2D eigenvalue weighted by Gasteiger charge is -2.46. The molecule has 0 aliphatic carbocycles. The van der Waals surface area contributed by atoms with Crippen LogP contribution in [0.2, 0.25) is 0 Å². The lowest BCUT2D eigenvalue weighted by molar-refractivity contribution is 0.0916. The van der Waals surface area contributed by atoms with Crippen LogP contribution < -0.4 is 10.8 Å². The number of hydroxylamine groups is 1. The van der Waals surface area contributed by atoms with Gasteiger partial charge in [-0.25, -0.2) is 18.2 Å². The molecule has 30 heavy (non-hydrogen) atoms. The summed E-state index contributed by atoms with van der Waals surface area (Å²) in [7, 11) is 0. The van der Waals surface area contributed by atoms with E-state index in [1.807, 2.05) is 26.3 Å². The molecule has 3 N–H and O–H groups in total. The predicted molar refractivity (Wildman–Crippen MR) is 112 cm³/mol. The highest BCUT2D eigenvalue weighted by Crippen LogP contribution is 2.32.